The Morgan fingerprint density at radius 1 is 1.20 bits per heavy atom. The second kappa shape index (κ2) is 9.18. The quantitative estimate of drug-likeness (QED) is 0.705. The summed E-state index contributed by atoms with van der Waals surface area (Å²) in [6, 6.07) is 12.5. The van der Waals surface area contributed by atoms with Crippen molar-refractivity contribution in [1.82, 2.24) is 5.32 Å². The highest BCUT2D eigenvalue weighted by Gasteiger charge is 2.08. The fourth-order valence-corrected chi connectivity index (χ4v) is 2.25. The van der Waals surface area contributed by atoms with E-state index in [1.54, 1.807) is 18.2 Å². The van der Waals surface area contributed by atoms with E-state index >= 15 is 0 Å². The number of hydrogen-bond acceptors (Lipinski definition) is 3. The van der Waals surface area contributed by atoms with Gasteiger partial charge in [-0.25, -0.2) is 4.79 Å². The predicted molar refractivity (Wildman–Crippen MR) is 101 cm³/mol. The number of nitrogens with one attached hydrogen (secondary N) is 2. The third-order valence-corrected chi connectivity index (χ3v) is 3.71. The molecule has 0 heterocycles. The van der Waals surface area contributed by atoms with Crippen molar-refractivity contribution in [3.8, 4) is 11.5 Å². The number of ether oxygens (including phenoxy) is 2. The topological polar surface area (TPSA) is 59.6 Å². The van der Waals surface area contributed by atoms with Crippen molar-refractivity contribution < 1.29 is 14.3 Å². The molecule has 0 unspecified atom stereocenters. The molecule has 2 aromatic rings. The molecule has 2 aromatic carbocycles. The van der Waals surface area contributed by atoms with Crippen molar-refractivity contribution in [3.63, 3.8) is 0 Å². The van der Waals surface area contributed by atoms with Gasteiger partial charge in [-0.1, -0.05) is 23.7 Å². The molecule has 2 amide bonds. The lowest BCUT2D eigenvalue weighted by Gasteiger charge is -2.15. The van der Waals surface area contributed by atoms with Crippen molar-refractivity contribution in [3.05, 3.63) is 53.1 Å². The predicted octanol–water partition coefficient (Wildman–Crippen LogP) is 4.64. The minimum absolute atomic E-state index is 0.0299. The van der Waals surface area contributed by atoms with Gasteiger partial charge >= 0.3 is 6.03 Å². The number of benzene rings is 2. The van der Waals surface area contributed by atoms with Crippen LogP contribution in [0.15, 0.2) is 42.5 Å². The minimum Gasteiger partial charge on any atom is -0.492 e. The Kier molecular flexibility index (Phi) is 6.95. The van der Waals surface area contributed by atoms with Gasteiger partial charge in [-0.15, -0.1) is 0 Å². The number of para-hydroxylation sites is 2. The van der Waals surface area contributed by atoms with Gasteiger partial charge in [0.1, 0.15) is 18.1 Å². The van der Waals surface area contributed by atoms with Crippen molar-refractivity contribution in [1.29, 1.82) is 0 Å². The Morgan fingerprint density at radius 3 is 2.68 bits per heavy atom. The molecular formula is C19H23ClN2O3. The van der Waals surface area contributed by atoms with Crippen LogP contribution in [0.5, 0.6) is 11.5 Å². The molecule has 0 aliphatic heterocycles. The maximum Gasteiger partial charge on any atom is 0.319 e. The van der Waals surface area contributed by atoms with E-state index < -0.39 is 0 Å². The summed E-state index contributed by atoms with van der Waals surface area (Å²) >= 11 is 5.97. The van der Waals surface area contributed by atoms with Gasteiger partial charge in [0, 0.05) is 5.02 Å². The molecule has 0 radical (unpaired) electrons. The van der Waals surface area contributed by atoms with Crippen molar-refractivity contribution in [2.45, 2.75) is 26.9 Å². The standard InChI is InChI=1S/C19H23ClN2O3/c1-13(2)25-18-7-5-4-6-17(18)22-19(23)21-10-11-24-15-8-9-16(20)14(3)12-15/h4-9,12-13H,10-11H2,1-3H3,(H2,21,22,23). The SMILES string of the molecule is Cc1cc(OCCNC(=O)Nc2ccccc2OC(C)C)ccc1Cl. The van der Waals surface area contributed by atoms with Crippen molar-refractivity contribution >= 4 is 23.3 Å². The second-order valence-electron chi connectivity index (χ2n) is 5.80. The van der Waals surface area contributed by atoms with Crippen LogP contribution in [0.1, 0.15) is 19.4 Å². The molecule has 2 N–H and O–H groups in total. The zero-order valence-corrected chi connectivity index (χ0v) is 15.4. The Morgan fingerprint density at radius 2 is 1.96 bits per heavy atom. The number of carbonyl (C=O) groups excluding carboxylic acids is 1. The summed E-state index contributed by atoms with van der Waals surface area (Å²) in [5.74, 6) is 1.36. The highest BCUT2D eigenvalue weighted by molar-refractivity contribution is 6.31. The van der Waals surface area contributed by atoms with Gasteiger partial charge in [0.2, 0.25) is 0 Å². The van der Waals surface area contributed by atoms with Crippen LogP contribution in [0.25, 0.3) is 0 Å². The van der Waals surface area contributed by atoms with Crippen molar-refractivity contribution in [2.75, 3.05) is 18.5 Å². The first-order valence-corrected chi connectivity index (χ1v) is 8.53. The molecule has 5 nitrogen and oxygen atoms in total. The van der Waals surface area contributed by atoms with Gasteiger partial charge < -0.3 is 20.1 Å². The van der Waals surface area contributed by atoms with Crippen LogP contribution >= 0.6 is 11.6 Å². The number of rotatable bonds is 7. The molecule has 6 heteroatoms. The molecule has 0 spiro atoms. The molecule has 0 saturated carbocycles. The van der Waals surface area contributed by atoms with Crippen LogP contribution in [-0.4, -0.2) is 25.3 Å². The lowest BCUT2D eigenvalue weighted by Crippen LogP contribution is -2.32. The van der Waals surface area contributed by atoms with E-state index in [1.807, 2.05) is 45.0 Å². The molecule has 0 fully saturated rings. The summed E-state index contributed by atoms with van der Waals surface area (Å²) in [5.41, 5.74) is 1.58. The lowest BCUT2D eigenvalue weighted by molar-refractivity contribution is 0.240. The number of urea groups is 1. The molecular weight excluding hydrogens is 340 g/mol. The number of halogens is 1. The number of amides is 2. The first-order valence-electron chi connectivity index (χ1n) is 8.15. The molecule has 0 atom stereocenters. The summed E-state index contributed by atoms with van der Waals surface area (Å²) < 4.78 is 11.3. The van der Waals surface area contributed by atoms with Crippen LogP contribution in [0, 0.1) is 6.92 Å². The zero-order chi connectivity index (χ0) is 18.2. The Hall–Kier alpha value is -2.40. The highest BCUT2D eigenvalue weighted by Crippen LogP contribution is 2.24. The van der Waals surface area contributed by atoms with Crippen LogP contribution in [-0.2, 0) is 0 Å². The summed E-state index contributed by atoms with van der Waals surface area (Å²) in [4.78, 5) is 12.0. The molecule has 25 heavy (non-hydrogen) atoms. The van der Waals surface area contributed by atoms with E-state index in [0.29, 0.717) is 29.6 Å². The summed E-state index contributed by atoms with van der Waals surface area (Å²) in [5, 5.41) is 6.24. The molecule has 0 aliphatic rings. The summed E-state index contributed by atoms with van der Waals surface area (Å²) in [7, 11) is 0. The second-order valence-corrected chi connectivity index (χ2v) is 6.21. The third-order valence-electron chi connectivity index (χ3n) is 3.28. The molecule has 0 aromatic heterocycles. The fraction of sp³-hybridized carbons (Fsp3) is 0.316. The molecule has 0 aliphatic carbocycles. The average Bonchev–Trinajstić information content (AvgIpc) is 2.56. The zero-order valence-electron chi connectivity index (χ0n) is 14.6. The Balaban J connectivity index is 1.78. The largest absolute Gasteiger partial charge is 0.492 e. The molecule has 134 valence electrons. The molecule has 2 rings (SSSR count). The Bertz CT molecular complexity index is 720. The number of aryl methyl sites for hydroxylation is 1. The number of carbonyl (C=O) groups is 1. The maximum absolute atomic E-state index is 12.0. The highest BCUT2D eigenvalue weighted by atomic mass is 35.5. The number of hydrogen-bond donors (Lipinski definition) is 2. The summed E-state index contributed by atoms with van der Waals surface area (Å²) in [6.07, 6.45) is 0.0299. The smallest absolute Gasteiger partial charge is 0.319 e. The minimum atomic E-state index is -0.310. The fourth-order valence-electron chi connectivity index (χ4n) is 2.13. The monoisotopic (exact) mass is 362 g/mol. The van der Waals surface area contributed by atoms with Crippen LogP contribution in [0.3, 0.4) is 0 Å². The molecule has 0 bridgehead atoms. The van der Waals surface area contributed by atoms with E-state index in [0.717, 1.165) is 11.3 Å². The van der Waals surface area contributed by atoms with Crippen molar-refractivity contribution in [2.24, 2.45) is 0 Å². The first-order chi connectivity index (χ1) is 12.0. The van der Waals surface area contributed by atoms with E-state index in [2.05, 4.69) is 10.6 Å². The van der Waals surface area contributed by atoms with E-state index in [4.69, 9.17) is 21.1 Å². The third kappa shape index (κ3) is 6.19. The Labute approximate surface area is 153 Å². The van der Waals surface area contributed by atoms with Gasteiger partial charge in [0.15, 0.2) is 0 Å². The van der Waals surface area contributed by atoms with E-state index in [1.165, 1.54) is 0 Å². The van der Waals surface area contributed by atoms with Crippen LogP contribution in [0.4, 0.5) is 10.5 Å². The normalized spacial score (nSPS) is 10.4. The average molecular weight is 363 g/mol. The van der Waals surface area contributed by atoms with Gasteiger partial charge in [0.05, 0.1) is 18.3 Å². The first kappa shape index (κ1) is 18.9. The summed E-state index contributed by atoms with van der Waals surface area (Å²) in [6.45, 7) is 6.52. The van der Waals surface area contributed by atoms with Crippen LogP contribution in [0.2, 0.25) is 5.02 Å². The van der Waals surface area contributed by atoms with Gasteiger partial charge in [-0.05, 0) is 56.7 Å². The lowest BCUT2D eigenvalue weighted by atomic mass is 10.2. The van der Waals surface area contributed by atoms with Gasteiger partial charge in [0.25, 0.3) is 0 Å². The molecule has 0 saturated heterocycles. The van der Waals surface area contributed by atoms with Gasteiger partial charge in [-0.2, -0.15) is 0 Å². The number of anilines is 1. The maximum atomic E-state index is 12.0. The van der Waals surface area contributed by atoms with E-state index in [-0.39, 0.29) is 12.1 Å². The van der Waals surface area contributed by atoms with Gasteiger partial charge in [-0.3, -0.25) is 0 Å². The van der Waals surface area contributed by atoms with E-state index in [9.17, 15) is 4.79 Å². The van der Waals surface area contributed by atoms with Crippen LogP contribution < -0.4 is 20.1 Å².